The molecule has 0 aliphatic heterocycles. The van der Waals surface area contributed by atoms with E-state index < -0.39 is 18.4 Å². The molecular formula is C32H52O2Sn. The summed E-state index contributed by atoms with van der Waals surface area (Å²) in [5.74, 6) is 3.18. The first-order valence-corrected chi connectivity index (χ1v) is 22.5. The molecule has 0 unspecified atom stereocenters. The molecule has 0 aromatic heterocycles. The Balaban J connectivity index is 1.51. The van der Waals surface area contributed by atoms with E-state index in [0.29, 0.717) is 11.8 Å². The summed E-state index contributed by atoms with van der Waals surface area (Å²) in [6, 6.07) is 7.05. The van der Waals surface area contributed by atoms with Crippen LogP contribution in [0.1, 0.15) is 115 Å². The van der Waals surface area contributed by atoms with Gasteiger partial charge in [0.25, 0.3) is 0 Å². The van der Waals surface area contributed by atoms with Gasteiger partial charge in [0.05, 0.1) is 0 Å². The summed E-state index contributed by atoms with van der Waals surface area (Å²) in [4.78, 5) is 0. The Kier molecular flexibility index (Phi) is 9.39. The Morgan fingerprint density at radius 1 is 1.00 bits per heavy atom. The molecule has 196 valence electrons. The maximum absolute atomic E-state index is 10.7. The molecule has 1 aromatic rings. The SMILES string of the molecule is C=[C](Oc1ccc2c(c1)CC[C@@H]1[C@@H]2CC[C@]2(C)[C@@H](O)CC[C@@H]12)[Sn]([CH2]CCC)([CH2]CCC)[CH2]CCC. The Labute approximate surface area is 220 Å². The van der Waals surface area contributed by atoms with Gasteiger partial charge in [-0.1, -0.05) is 0 Å². The van der Waals surface area contributed by atoms with E-state index in [0.717, 1.165) is 18.1 Å². The van der Waals surface area contributed by atoms with E-state index in [1.807, 2.05) is 0 Å². The van der Waals surface area contributed by atoms with Crippen LogP contribution in [0.15, 0.2) is 28.6 Å². The molecule has 0 saturated heterocycles. The van der Waals surface area contributed by atoms with E-state index in [-0.39, 0.29) is 11.5 Å². The first kappa shape index (κ1) is 27.6. The van der Waals surface area contributed by atoms with Crippen molar-refractivity contribution in [1.29, 1.82) is 0 Å². The first-order valence-electron chi connectivity index (χ1n) is 15.1. The van der Waals surface area contributed by atoms with Gasteiger partial charge in [0.15, 0.2) is 0 Å². The summed E-state index contributed by atoms with van der Waals surface area (Å²) in [6.45, 7) is 14.0. The number of aliphatic hydroxyl groups is 1. The van der Waals surface area contributed by atoms with Gasteiger partial charge in [-0.2, -0.15) is 0 Å². The summed E-state index contributed by atoms with van der Waals surface area (Å²) < 4.78 is 12.2. The van der Waals surface area contributed by atoms with Crippen molar-refractivity contribution < 1.29 is 9.84 Å². The van der Waals surface area contributed by atoms with Crippen molar-refractivity contribution in [2.45, 2.75) is 130 Å². The molecule has 3 aliphatic carbocycles. The molecule has 1 N–H and O–H groups in total. The van der Waals surface area contributed by atoms with Gasteiger partial charge in [0, 0.05) is 0 Å². The Hall–Kier alpha value is -0.481. The molecule has 5 atom stereocenters. The van der Waals surface area contributed by atoms with Crippen LogP contribution in [0, 0.1) is 17.3 Å². The number of hydrogen-bond acceptors (Lipinski definition) is 2. The molecule has 0 bridgehead atoms. The zero-order valence-corrected chi connectivity index (χ0v) is 26.1. The van der Waals surface area contributed by atoms with Crippen LogP contribution in [0.2, 0.25) is 13.3 Å². The van der Waals surface area contributed by atoms with Crippen LogP contribution in [-0.2, 0) is 6.42 Å². The number of rotatable bonds is 12. The number of unbranched alkanes of at least 4 members (excludes halogenated alkanes) is 3. The van der Waals surface area contributed by atoms with E-state index >= 15 is 0 Å². The monoisotopic (exact) mass is 588 g/mol. The van der Waals surface area contributed by atoms with Crippen molar-refractivity contribution in [3.05, 3.63) is 39.7 Å². The number of fused-ring (bicyclic) bond motifs is 5. The van der Waals surface area contributed by atoms with Crippen LogP contribution in [0.3, 0.4) is 0 Å². The molecule has 3 aliphatic rings. The van der Waals surface area contributed by atoms with Crippen LogP contribution < -0.4 is 4.74 Å². The van der Waals surface area contributed by atoms with E-state index in [1.54, 1.807) is 5.56 Å². The van der Waals surface area contributed by atoms with Gasteiger partial charge >= 0.3 is 221 Å². The average molecular weight is 587 g/mol. The van der Waals surface area contributed by atoms with Gasteiger partial charge in [0.1, 0.15) is 0 Å². The molecule has 0 radical (unpaired) electrons. The van der Waals surface area contributed by atoms with Crippen LogP contribution in [0.25, 0.3) is 0 Å². The Bertz CT molecular complexity index is 841. The van der Waals surface area contributed by atoms with E-state index in [4.69, 9.17) is 4.74 Å². The van der Waals surface area contributed by atoms with E-state index in [1.165, 1.54) is 93.3 Å². The van der Waals surface area contributed by atoms with Crippen molar-refractivity contribution in [1.82, 2.24) is 0 Å². The third kappa shape index (κ3) is 5.54. The second-order valence-corrected chi connectivity index (χ2v) is 25.7. The summed E-state index contributed by atoms with van der Waals surface area (Å²) in [7, 11) is 0. The van der Waals surface area contributed by atoms with Crippen molar-refractivity contribution in [2.75, 3.05) is 0 Å². The fourth-order valence-electron chi connectivity index (χ4n) is 8.18. The van der Waals surface area contributed by atoms with Crippen molar-refractivity contribution in [3.8, 4) is 5.75 Å². The molecule has 2 nitrogen and oxygen atoms in total. The fraction of sp³-hybridized carbons (Fsp3) is 0.750. The molecule has 1 aromatic carbocycles. The van der Waals surface area contributed by atoms with Gasteiger partial charge in [0.2, 0.25) is 0 Å². The molecule has 0 spiro atoms. The molecule has 0 amide bonds. The van der Waals surface area contributed by atoms with Gasteiger partial charge in [-0.25, -0.2) is 0 Å². The zero-order valence-electron chi connectivity index (χ0n) is 23.2. The second kappa shape index (κ2) is 11.9. The normalized spacial score (nSPS) is 29.9. The van der Waals surface area contributed by atoms with Crippen LogP contribution in [0.4, 0.5) is 0 Å². The van der Waals surface area contributed by atoms with Crippen LogP contribution >= 0.6 is 0 Å². The van der Waals surface area contributed by atoms with Gasteiger partial charge in [-0.3, -0.25) is 0 Å². The Morgan fingerprint density at radius 2 is 1.66 bits per heavy atom. The zero-order chi connectivity index (χ0) is 25.1. The van der Waals surface area contributed by atoms with Gasteiger partial charge < -0.3 is 0 Å². The quantitative estimate of drug-likeness (QED) is 0.195. The minimum atomic E-state index is -2.59. The number of aryl methyl sites for hydroxylation is 1. The Morgan fingerprint density at radius 3 is 2.29 bits per heavy atom. The third-order valence-electron chi connectivity index (χ3n) is 10.5. The van der Waals surface area contributed by atoms with Gasteiger partial charge in [-0.05, 0) is 0 Å². The molecule has 0 heterocycles. The average Bonchev–Trinajstić information content (AvgIpc) is 3.17. The maximum atomic E-state index is 10.7. The van der Waals surface area contributed by atoms with Crippen molar-refractivity contribution in [2.24, 2.45) is 17.3 Å². The summed E-state index contributed by atoms with van der Waals surface area (Å²) in [5.41, 5.74) is 3.26. The number of ether oxygens (including phenoxy) is 1. The fourth-order valence-corrected chi connectivity index (χ4v) is 22.5. The number of aliphatic hydroxyl groups excluding tert-OH is 1. The van der Waals surface area contributed by atoms with E-state index in [2.05, 4.69) is 52.5 Å². The topological polar surface area (TPSA) is 29.5 Å². The van der Waals surface area contributed by atoms with Crippen LogP contribution in [0.5, 0.6) is 5.75 Å². The predicted octanol–water partition coefficient (Wildman–Crippen LogP) is 9.18. The second-order valence-electron chi connectivity index (χ2n) is 12.5. The standard InChI is InChI=1S/C20H25O2.3C4H9.Sn/c1-3-22-14-5-7-15-13(12-14)4-6-17-16(15)10-11-20(2)18(17)8-9-19(20)21;3*1-3-4-2;/h5,7,12,16-19,21H,1,4,6,8-11H2,2H3;3*1,3-4H2,2H3;/t16-,17-,18+,19+,20+;;;;/m1..../s1. The summed E-state index contributed by atoms with van der Waals surface area (Å²) >= 11 is -2.59. The van der Waals surface area contributed by atoms with Gasteiger partial charge in [-0.15, -0.1) is 0 Å². The number of hydrogen-bond donors (Lipinski definition) is 1. The first-order chi connectivity index (χ1) is 16.9. The predicted molar refractivity (Wildman–Crippen MR) is 152 cm³/mol. The van der Waals surface area contributed by atoms with E-state index in [9.17, 15) is 5.11 Å². The number of benzene rings is 1. The molecule has 4 rings (SSSR count). The molecule has 35 heavy (non-hydrogen) atoms. The van der Waals surface area contributed by atoms with Crippen molar-refractivity contribution >= 4 is 18.4 Å². The molecule has 3 heteroatoms. The summed E-state index contributed by atoms with van der Waals surface area (Å²) in [6.07, 6.45) is 14.9. The van der Waals surface area contributed by atoms with Crippen LogP contribution in [-0.4, -0.2) is 29.6 Å². The molecule has 2 saturated carbocycles. The van der Waals surface area contributed by atoms with Crippen molar-refractivity contribution in [3.63, 3.8) is 0 Å². The minimum absolute atomic E-state index is 0.0867. The summed E-state index contributed by atoms with van der Waals surface area (Å²) in [5, 5.41) is 10.7. The molecular weight excluding hydrogens is 535 g/mol. The molecule has 2 fully saturated rings. The third-order valence-corrected chi connectivity index (χ3v) is 25.4.